The van der Waals surface area contributed by atoms with E-state index in [4.69, 9.17) is 10.3 Å². The maximum atomic E-state index is 5.71. The molecule has 0 bridgehead atoms. The zero-order valence-electron chi connectivity index (χ0n) is 10.6. The largest absolute Gasteiger partial charge is 0.337 e. The van der Waals surface area contributed by atoms with Gasteiger partial charge in [-0.05, 0) is 31.9 Å². The van der Waals surface area contributed by atoms with Crippen LogP contribution < -0.4 is 5.73 Å². The van der Waals surface area contributed by atoms with Crippen molar-refractivity contribution in [3.05, 3.63) is 29.9 Å². The summed E-state index contributed by atoms with van der Waals surface area (Å²) in [4.78, 5) is 8.72. The highest BCUT2D eigenvalue weighted by molar-refractivity contribution is 5.55. The molecule has 0 aliphatic heterocycles. The standard InChI is InChI=1S/C13H16N4O/c1-8(14)12-16-11(17-18-12)9-3-6-15-10(7-9)13(2)4-5-13/h3,6-8H,4-5,14H2,1-2H3/t8-/m0/s1. The van der Waals surface area contributed by atoms with Crippen molar-refractivity contribution in [3.63, 3.8) is 0 Å². The van der Waals surface area contributed by atoms with Gasteiger partial charge in [0.2, 0.25) is 11.7 Å². The van der Waals surface area contributed by atoms with Crippen LogP contribution in [0, 0.1) is 0 Å². The first-order valence-corrected chi connectivity index (χ1v) is 6.15. The predicted molar refractivity (Wildman–Crippen MR) is 66.7 cm³/mol. The number of aromatic nitrogens is 3. The monoisotopic (exact) mass is 244 g/mol. The quantitative estimate of drug-likeness (QED) is 0.895. The molecule has 94 valence electrons. The predicted octanol–water partition coefficient (Wildman–Crippen LogP) is 2.20. The van der Waals surface area contributed by atoms with Crippen molar-refractivity contribution in [2.24, 2.45) is 5.73 Å². The van der Waals surface area contributed by atoms with Gasteiger partial charge in [-0.2, -0.15) is 4.98 Å². The van der Waals surface area contributed by atoms with Gasteiger partial charge in [-0.25, -0.2) is 0 Å². The van der Waals surface area contributed by atoms with Crippen LogP contribution in [0.15, 0.2) is 22.9 Å². The Labute approximate surface area is 105 Å². The number of nitrogens with two attached hydrogens (primary N) is 1. The van der Waals surface area contributed by atoms with E-state index in [2.05, 4.69) is 22.0 Å². The molecular weight excluding hydrogens is 228 g/mol. The minimum absolute atomic E-state index is 0.240. The first-order chi connectivity index (χ1) is 8.58. The van der Waals surface area contributed by atoms with E-state index < -0.39 is 0 Å². The Morgan fingerprint density at radius 1 is 1.44 bits per heavy atom. The number of hydrogen-bond acceptors (Lipinski definition) is 5. The molecule has 1 atom stereocenters. The highest BCUT2D eigenvalue weighted by Gasteiger charge is 2.40. The lowest BCUT2D eigenvalue weighted by molar-refractivity contribution is 0.362. The van der Waals surface area contributed by atoms with E-state index in [1.54, 1.807) is 6.20 Å². The van der Waals surface area contributed by atoms with Gasteiger partial charge >= 0.3 is 0 Å². The third-order valence-electron chi connectivity index (χ3n) is 3.47. The lowest BCUT2D eigenvalue weighted by Gasteiger charge is -2.07. The van der Waals surface area contributed by atoms with Crippen molar-refractivity contribution in [1.29, 1.82) is 0 Å². The van der Waals surface area contributed by atoms with Crippen molar-refractivity contribution in [1.82, 2.24) is 15.1 Å². The summed E-state index contributed by atoms with van der Waals surface area (Å²) in [6, 6.07) is 3.70. The van der Waals surface area contributed by atoms with Crippen LogP contribution in [0.5, 0.6) is 0 Å². The molecule has 1 saturated carbocycles. The third kappa shape index (κ3) is 1.90. The fraction of sp³-hybridized carbons (Fsp3) is 0.462. The molecule has 1 fully saturated rings. The Hall–Kier alpha value is -1.75. The number of hydrogen-bond donors (Lipinski definition) is 1. The van der Waals surface area contributed by atoms with Gasteiger partial charge in [-0.3, -0.25) is 4.98 Å². The molecule has 2 N–H and O–H groups in total. The third-order valence-corrected chi connectivity index (χ3v) is 3.47. The molecule has 5 heteroatoms. The molecule has 0 radical (unpaired) electrons. The Morgan fingerprint density at radius 3 is 2.83 bits per heavy atom. The summed E-state index contributed by atoms with van der Waals surface area (Å²) < 4.78 is 5.12. The van der Waals surface area contributed by atoms with Gasteiger partial charge in [0.05, 0.1) is 6.04 Å². The number of rotatable bonds is 3. The van der Waals surface area contributed by atoms with E-state index in [1.165, 1.54) is 12.8 Å². The molecule has 2 aromatic rings. The van der Waals surface area contributed by atoms with Crippen LogP contribution in [0.4, 0.5) is 0 Å². The summed E-state index contributed by atoms with van der Waals surface area (Å²) in [7, 11) is 0. The van der Waals surface area contributed by atoms with Gasteiger partial charge < -0.3 is 10.3 Å². The molecule has 0 saturated heterocycles. The van der Waals surface area contributed by atoms with Crippen LogP contribution in [0.3, 0.4) is 0 Å². The SMILES string of the molecule is C[C@H](N)c1nc(-c2ccnc(C3(C)CC3)c2)no1. The molecule has 5 nitrogen and oxygen atoms in total. The molecule has 0 unspecified atom stereocenters. The average molecular weight is 244 g/mol. The maximum Gasteiger partial charge on any atom is 0.243 e. The van der Waals surface area contributed by atoms with E-state index in [-0.39, 0.29) is 11.5 Å². The zero-order valence-corrected chi connectivity index (χ0v) is 10.6. The lowest BCUT2D eigenvalue weighted by Crippen LogP contribution is -2.05. The van der Waals surface area contributed by atoms with Gasteiger partial charge in [0.1, 0.15) is 0 Å². The zero-order chi connectivity index (χ0) is 12.8. The summed E-state index contributed by atoms with van der Waals surface area (Å²) in [6.07, 6.45) is 4.19. The van der Waals surface area contributed by atoms with E-state index in [1.807, 2.05) is 19.1 Å². The first kappa shape index (κ1) is 11.3. The Kier molecular flexibility index (Phi) is 2.45. The van der Waals surface area contributed by atoms with Crippen LogP contribution in [0.2, 0.25) is 0 Å². The fourth-order valence-corrected chi connectivity index (χ4v) is 1.88. The molecule has 0 amide bonds. The normalized spacial score (nSPS) is 18.6. The van der Waals surface area contributed by atoms with Crippen LogP contribution in [-0.2, 0) is 5.41 Å². The molecule has 1 aliphatic rings. The summed E-state index contributed by atoms with van der Waals surface area (Å²) in [5.41, 5.74) is 7.98. The van der Waals surface area contributed by atoms with Crippen LogP contribution in [-0.4, -0.2) is 15.1 Å². The lowest BCUT2D eigenvalue weighted by atomic mass is 10.0. The van der Waals surface area contributed by atoms with E-state index in [0.717, 1.165) is 11.3 Å². The minimum Gasteiger partial charge on any atom is -0.337 e. The fourth-order valence-electron chi connectivity index (χ4n) is 1.88. The van der Waals surface area contributed by atoms with Crippen molar-refractivity contribution in [2.45, 2.75) is 38.1 Å². The van der Waals surface area contributed by atoms with Crippen molar-refractivity contribution >= 4 is 0 Å². The van der Waals surface area contributed by atoms with Gasteiger partial charge in [-0.15, -0.1) is 0 Å². The minimum atomic E-state index is -0.242. The average Bonchev–Trinajstić information content (AvgIpc) is 2.95. The Balaban J connectivity index is 1.95. The molecule has 18 heavy (non-hydrogen) atoms. The highest BCUT2D eigenvalue weighted by Crippen LogP contribution is 2.47. The van der Waals surface area contributed by atoms with Gasteiger partial charge in [-0.1, -0.05) is 12.1 Å². The van der Waals surface area contributed by atoms with Gasteiger partial charge in [0, 0.05) is 22.9 Å². The first-order valence-electron chi connectivity index (χ1n) is 6.15. The second-order valence-corrected chi connectivity index (χ2v) is 5.24. The van der Waals surface area contributed by atoms with Crippen molar-refractivity contribution in [2.75, 3.05) is 0 Å². The Morgan fingerprint density at radius 2 is 2.22 bits per heavy atom. The molecule has 0 spiro atoms. The Bertz CT molecular complexity index is 572. The highest BCUT2D eigenvalue weighted by atomic mass is 16.5. The molecule has 0 aromatic carbocycles. The smallest absolute Gasteiger partial charge is 0.243 e. The molecule has 1 aliphatic carbocycles. The summed E-state index contributed by atoms with van der Waals surface area (Å²) in [5.74, 6) is 1.04. The number of nitrogens with zero attached hydrogens (tertiary/aromatic N) is 3. The van der Waals surface area contributed by atoms with Crippen LogP contribution >= 0.6 is 0 Å². The van der Waals surface area contributed by atoms with Crippen LogP contribution in [0.25, 0.3) is 11.4 Å². The van der Waals surface area contributed by atoms with E-state index in [0.29, 0.717) is 11.7 Å². The topological polar surface area (TPSA) is 77.8 Å². The van der Waals surface area contributed by atoms with Crippen LogP contribution in [0.1, 0.15) is 44.3 Å². The summed E-state index contributed by atoms with van der Waals surface area (Å²) >= 11 is 0. The molecule has 2 aromatic heterocycles. The summed E-state index contributed by atoms with van der Waals surface area (Å²) in [6.45, 7) is 4.04. The van der Waals surface area contributed by atoms with Gasteiger partial charge in [0.15, 0.2) is 0 Å². The van der Waals surface area contributed by atoms with E-state index >= 15 is 0 Å². The molecule has 3 rings (SSSR count). The molecule has 2 heterocycles. The second-order valence-electron chi connectivity index (χ2n) is 5.24. The molecular formula is C13H16N4O. The summed E-state index contributed by atoms with van der Waals surface area (Å²) in [5, 5.41) is 3.96. The van der Waals surface area contributed by atoms with E-state index in [9.17, 15) is 0 Å². The van der Waals surface area contributed by atoms with Crippen molar-refractivity contribution in [3.8, 4) is 11.4 Å². The number of pyridine rings is 1. The maximum absolute atomic E-state index is 5.71. The van der Waals surface area contributed by atoms with Crippen molar-refractivity contribution < 1.29 is 4.52 Å². The van der Waals surface area contributed by atoms with Gasteiger partial charge in [0.25, 0.3) is 0 Å². The second kappa shape index (κ2) is 3.88.